The molecule has 0 aliphatic rings. The Kier molecular flexibility index (Phi) is 4.15. The summed E-state index contributed by atoms with van der Waals surface area (Å²) in [5, 5.41) is -0.955. The van der Waals surface area contributed by atoms with Crippen LogP contribution in [0.15, 0.2) is 53.4 Å². The van der Waals surface area contributed by atoms with Crippen LogP contribution in [0.2, 0.25) is 0 Å². The van der Waals surface area contributed by atoms with Crippen LogP contribution in [-0.4, -0.2) is 15.0 Å². The second-order valence-electron chi connectivity index (χ2n) is 4.33. The van der Waals surface area contributed by atoms with Gasteiger partial charge in [0.05, 0.1) is 11.4 Å². The molecule has 0 saturated carbocycles. The van der Waals surface area contributed by atoms with Gasteiger partial charge in [0, 0.05) is 0 Å². The summed E-state index contributed by atoms with van der Waals surface area (Å²) >= 11 is 0. The molecule has 0 saturated heterocycles. The summed E-state index contributed by atoms with van der Waals surface area (Å²) in [5.74, 6) is -1.02. The summed E-state index contributed by atoms with van der Waals surface area (Å²) in [6, 6.07) is 9.98. The molecule has 3 nitrogen and oxygen atoms in total. The van der Waals surface area contributed by atoms with Gasteiger partial charge in [-0.25, -0.2) is 17.2 Å². The maximum Gasteiger partial charge on any atom is 0.190 e. The van der Waals surface area contributed by atoms with Crippen molar-refractivity contribution in [3.05, 3.63) is 65.7 Å². The van der Waals surface area contributed by atoms with E-state index < -0.39 is 26.7 Å². The fourth-order valence-corrected chi connectivity index (χ4v) is 3.66. The molecule has 0 radical (unpaired) electrons. The maximum absolute atomic E-state index is 13.2. The lowest BCUT2D eigenvalue weighted by Crippen LogP contribution is -2.54. The summed E-state index contributed by atoms with van der Waals surface area (Å²) in [4.78, 5) is -0.00295. The predicted molar refractivity (Wildman–Crippen MR) is 70.5 cm³/mol. The molecule has 106 valence electrons. The molecule has 6 heteroatoms. The molecule has 20 heavy (non-hydrogen) atoms. The van der Waals surface area contributed by atoms with E-state index in [1.165, 1.54) is 30.3 Å². The lowest BCUT2D eigenvalue weighted by Gasteiger charge is -2.14. The third-order valence-electron chi connectivity index (χ3n) is 3.00. The van der Waals surface area contributed by atoms with Crippen LogP contribution in [0.4, 0.5) is 8.78 Å². The zero-order valence-corrected chi connectivity index (χ0v) is 11.4. The average Bonchev–Trinajstić information content (AvgIpc) is 2.40. The van der Waals surface area contributed by atoms with Crippen LogP contribution in [0.1, 0.15) is 10.8 Å². The Balaban J connectivity index is 2.47. The molecule has 2 rings (SSSR count). The van der Waals surface area contributed by atoms with Gasteiger partial charge < -0.3 is 5.73 Å². The van der Waals surface area contributed by atoms with Gasteiger partial charge in [0.2, 0.25) is 0 Å². The molecule has 0 amide bonds. The Labute approximate surface area is 116 Å². The zero-order chi connectivity index (χ0) is 14.8. The molecule has 0 aliphatic carbocycles. The van der Waals surface area contributed by atoms with Crippen molar-refractivity contribution in [1.82, 2.24) is 0 Å². The summed E-state index contributed by atoms with van der Waals surface area (Å²) < 4.78 is 51.1. The molecule has 0 fully saturated rings. The van der Waals surface area contributed by atoms with Crippen LogP contribution >= 0.6 is 0 Å². The fraction of sp³-hybridized carbons (Fsp3) is 0.143. The van der Waals surface area contributed by atoms with Crippen molar-refractivity contribution < 1.29 is 22.9 Å². The molecule has 0 heterocycles. The zero-order valence-electron chi connectivity index (χ0n) is 10.6. The Morgan fingerprint density at radius 3 is 2.20 bits per heavy atom. The van der Waals surface area contributed by atoms with Crippen LogP contribution in [-0.2, 0) is 9.84 Å². The highest BCUT2D eigenvalue weighted by atomic mass is 32.2. The van der Waals surface area contributed by atoms with E-state index >= 15 is 0 Å². The van der Waals surface area contributed by atoms with Crippen LogP contribution in [0.25, 0.3) is 0 Å². The Morgan fingerprint density at radius 1 is 1.00 bits per heavy atom. The summed E-state index contributed by atoms with van der Waals surface area (Å²) in [6.07, 6.45) is 0. The van der Waals surface area contributed by atoms with Gasteiger partial charge in [-0.05, 0) is 42.0 Å². The summed E-state index contributed by atoms with van der Waals surface area (Å²) in [6.45, 7) is 0.0587. The van der Waals surface area contributed by atoms with E-state index in [1.807, 2.05) is 0 Å². The van der Waals surface area contributed by atoms with Crippen molar-refractivity contribution in [2.45, 2.75) is 10.1 Å². The van der Waals surface area contributed by atoms with Gasteiger partial charge in [-0.1, -0.05) is 12.1 Å². The van der Waals surface area contributed by atoms with Crippen molar-refractivity contribution in [2.75, 3.05) is 6.54 Å². The van der Waals surface area contributed by atoms with Gasteiger partial charge in [-0.15, -0.1) is 0 Å². The molecule has 1 atom stereocenters. The van der Waals surface area contributed by atoms with Gasteiger partial charge in [0.15, 0.2) is 9.84 Å². The van der Waals surface area contributed by atoms with Gasteiger partial charge in [-0.2, -0.15) is 0 Å². The lowest BCUT2D eigenvalue weighted by molar-refractivity contribution is -0.367. The van der Waals surface area contributed by atoms with Gasteiger partial charge in [0.25, 0.3) is 0 Å². The van der Waals surface area contributed by atoms with E-state index in [2.05, 4.69) is 5.73 Å². The van der Waals surface area contributed by atoms with Crippen molar-refractivity contribution in [3.8, 4) is 0 Å². The van der Waals surface area contributed by atoms with Crippen molar-refractivity contribution in [3.63, 3.8) is 0 Å². The minimum Gasteiger partial charge on any atom is -0.356 e. The van der Waals surface area contributed by atoms with E-state index in [0.29, 0.717) is 5.56 Å². The van der Waals surface area contributed by atoms with Crippen LogP contribution < -0.4 is 5.73 Å². The highest BCUT2D eigenvalue weighted by molar-refractivity contribution is 7.91. The quantitative estimate of drug-likeness (QED) is 0.874. The predicted octanol–water partition coefficient (Wildman–Crippen LogP) is 1.72. The van der Waals surface area contributed by atoms with Crippen molar-refractivity contribution in [2.24, 2.45) is 0 Å². The minimum atomic E-state index is -3.73. The standard InChI is InChI=1S/C14H13F2NO2S/c15-11-4-6-13(7-5-11)20(18,19)14(9-17)10-2-1-3-12(16)8-10/h1-8,14H,9,17H2/p+1/t14-/m0/s1. The van der Waals surface area contributed by atoms with E-state index in [4.69, 9.17) is 0 Å². The first-order chi connectivity index (χ1) is 9.45. The molecule has 0 aromatic heterocycles. The molecular formula is C14H14F2NO2S+. The van der Waals surface area contributed by atoms with E-state index in [9.17, 15) is 17.2 Å². The Hall–Kier alpha value is -1.79. The third-order valence-corrected chi connectivity index (χ3v) is 5.19. The molecule has 0 spiro atoms. The molecule has 2 aromatic carbocycles. The normalized spacial score (nSPS) is 13.2. The van der Waals surface area contributed by atoms with Crippen LogP contribution in [0.5, 0.6) is 0 Å². The number of sulfone groups is 1. The molecule has 2 aromatic rings. The molecule has 0 aliphatic heterocycles. The number of rotatable bonds is 4. The van der Waals surface area contributed by atoms with Gasteiger partial charge in [0.1, 0.15) is 16.9 Å². The minimum absolute atomic E-state index is 0.00295. The highest BCUT2D eigenvalue weighted by Gasteiger charge is 2.29. The SMILES string of the molecule is [NH3+]C[C@@H](c1cccc(F)c1)S(=O)(=O)c1ccc(F)cc1. The number of quaternary nitrogens is 1. The first-order valence-electron chi connectivity index (χ1n) is 5.99. The molecule has 0 unspecified atom stereocenters. The number of benzene rings is 2. The largest absolute Gasteiger partial charge is 0.356 e. The number of hydrogen-bond donors (Lipinski definition) is 1. The van der Waals surface area contributed by atoms with E-state index in [0.717, 1.165) is 12.1 Å². The number of halogens is 2. The van der Waals surface area contributed by atoms with Crippen LogP contribution in [0.3, 0.4) is 0 Å². The molecule has 0 bridgehead atoms. The monoisotopic (exact) mass is 298 g/mol. The van der Waals surface area contributed by atoms with E-state index in [-0.39, 0.29) is 11.4 Å². The second-order valence-corrected chi connectivity index (χ2v) is 6.46. The topological polar surface area (TPSA) is 61.8 Å². The highest BCUT2D eigenvalue weighted by Crippen LogP contribution is 2.28. The molecule has 3 N–H and O–H groups in total. The van der Waals surface area contributed by atoms with E-state index in [1.54, 1.807) is 6.07 Å². The van der Waals surface area contributed by atoms with Gasteiger partial charge >= 0.3 is 0 Å². The number of hydrogen-bond acceptors (Lipinski definition) is 2. The Bertz CT molecular complexity index is 699. The second kappa shape index (κ2) is 5.68. The molecular weight excluding hydrogens is 284 g/mol. The fourth-order valence-electron chi connectivity index (χ4n) is 2.00. The Morgan fingerprint density at radius 2 is 1.65 bits per heavy atom. The lowest BCUT2D eigenvalue weighted by atomic mass is 10.1. The first-order valence-corrected chi connectivity index (χ1v) is 7.54. The van der Waals surface area contributed by atoms with Gasteiger partial charge in [-0.3, -0.25) is 0 Å². The first kappa shape index (κ1) is 14.6. The summed E-state index contributed by atoms with van der Waals surface area (Å²) in [7, 11) is -3.73. The van der Waals surface area contributed by atoms with Crippen LogP contribution in [0, 0.1) is 11.6 Å². The maximum atomic E-state index is 13.2. The average molecular weight is 298 g/mol. The van der Waals surface area contributed by atoms with Crippen molar-refractivity contribution >= 4 is 9.84 Å². The summed E-state index contributed by atoms with van der Waals surface area (Å²) in [5.41, 5.74) is 3.96. The third kappa shape index (κ3) is 2.86. The smallest absolute Gasteiger partial charge is 0.190 e. The van der Waals surface area contributed by atoms with Crippen molar-refractivity contribution in [1.29, 1.82) is 0 Å².